The maximum Gasteiger partial charge on any atom is 0.266 e. The van der Waals surface area contributed by atoms with Crippen molar-refractivity contribution in [2.75, 3.05) is 59.5 Å². The number of pyridine rings is 1. The number of amides is 4. The molecule has 4 amide bonds. The third-order valence-electron chi connectivity index (χ3n) is 10.9. The predicted molar refractivity (Wildman–Crippen MR) is 244 cm³/mol. The largest absolute Gasteiger partial charge is 0.493 e. The molecule has 342 valence electrons. The van der Waals surface area contributed by atoms with E-state index in [0.717, 1.165) is 16.0 Å². The van der Waals surface area contributed by atoms with Gasteiger partial charge in [-0.25, -0.2) is 0 Å². The molecule has 4 aromatic carbocycles. The summed E-state index contributed by atoms with van der Waals surface area (Å²) in [6, 6.07) is 24.9. The molecule has 1 saturated heterocycles. The van der Waals surface area contributed by atoms with Crippen molar-refractivity contribution in [2.45, 2.75) is 25.8 Å². The van der Waals surface area contributed by atoms with Gasteiger partial charge < -0.3 is 32.8 Å². The number of nitriles is 1. The first-order chi connectivity index (χ1) is 32.6. The van der Waals surface area contributed by atoms with E-state index in [1.807, 2.05) is 25.1 Å². The zero-order valence-electron chi connectivity index (χ0n) is 36.2. The number of nitrogens with zero attached hydrogens (tertiary/aromatic N) is 3. The molecule has 0 bridgehead atoms. The highest BCUT2D eigenvalue weighted by Crippen LogP contribution is 2.39. The molecule has 67 heavy (non-hydrogen) atoms. The number of fused-ring (bicyclic) bond motifs is 2. The van der Waals surface area contributed by atoms with Crippen molar-refractivity contribution in [3.05, 3.63) is 129 Å². The van der Waals surface area contributed by atoms with Crippen LogP contribution >= 0.6 is 11.6 Å². The molecule has 16 nitrogen and oxygen atoms in total. The molecule has 0 radical (unpaired) electrons. The molecule has 0 saturated carbocycles. The van der Waals surface area contributed by atoms with Crippen molar-refractivity contribution in [3.8, 4) is 56.9 Å². The zero-order valence-corrected chi connectivity index (χ0v) is 37.0. The minimum Gasteiger partial charge on any atom is -0.493 e. The van der Waals surface area contributed by atoms with Crippen molar-refractivity contribution in [1.82, 2.24) is 15.2 Å². The van der Waals surface area contributed by atoms with Gasteiger partial charge in [-0.2, -0.15) is 5.26 Å². The Morgan fingerprint density at radius 2 is 1.45 bits per heavy atom. The van der Waals surface area contributed by atoms with Gasteiger partial charge in [-0.3, -0.25) is 39.2 Å². The number of hydrogen-bond donors (Lipinski definition) is 1. The average Bonchev–Trinajstić information content (AvgIpc) is 3.59. The minimum atomic E-state index is -1.06. The van der Waals surface area contributed by atoms with Gasteiger partial charge in [-0.15, -0.1) is 0 Å². The molecule has 1 unspecified atom stereocenters. The Kier molecular flexibility index (Phi) is 14.6. The number of hydrogen-bond acceptors (Lipinski definition) is 14. The number of halogens is 1. The lowest BCUT2D eigenvalue weighted by Crippen LogP contribution is -2.54. The number of carbonyl (C=O) groups excluding carboxylic acids is 4. The van der Waals surface area contributed by atoms with E-state index >= 15 is 0 Å². The van der Waals surface area contributed by atoms with Crippen molar-refractivity contribution in [1.29, 1.82) is 5.26 Å². The van der Waals surface area contributed by atoms with Crippen LogP contribution in [0.25, 0.3) is 44.5 Å². The van der Waals surface area contributed by atoms with Gasteiger partial charge in [0.15, 0.2) is 5.43 Å². The van der Waals surface area contributed by atoms with Gasteiger partial charge in [-0.05, 0) is 96.8 Å². The minimum absolute atomic E-state index is 0.0319. The first-order valence-corrected chi connectivity index (χ1v) is 21.8. The molecule has 0 aliphatic carbocycles. The van der Waals surface area contributed by atoms with Crippen LogP contribution in [0.3, 0.4) is 0 Å². The smallest absolute Gasteiger partial charge is 0.266 e. The first kappa shape index (κ1) is 46.1. The van der Waals surface area contributed by atoms with Crippen LogP contribution in [0, 0.1) is 11.3 Å². The fourth-order valence-corrected chi connectivity index (χ4v) is 8.00. The summed E-state index contributed by atoms with van der Waals surface area (Å²) in [5.74, 6) is -0.917. The second-order valence-electron chi connectivity index (χ2n) is 15.2. The molecule has 1 N–H and O–H groups in total. The van der Waals surface area contributed by atoms with Crippen molar-refractivity contribution in [2.24, 2.45) is 0 Å². The van der Waals surface area contributed by atoms with E-state index in [2.05, 4.69) is 16.4 Å². The highest BCUT2D eigenvalue weighted by molar-refractivity contribution is 6.33. The summed E-state index contributed by atoms with van der Waals surface area (Å²) in [7, 11) is 0. The summed E-state index contributed by atoms with van der Waals surface area (Å²) in [5, 5.41) is 12.7. The van der Waals surface area contributed by atoms with Crippen LogP contribution in [0.5, 0.6) is 17.2 Å². The van der Waals surface area contributed by atoms with Crippen LogP contribution in [-0.4, -0.2) is 99.0 Å². The fraction of sp³-hybridized carbons (Fsp3) is 0.260. The highest BCUT2D eigenvalue weighted by atomic mass is 35.5. The van der Waals surface area contributed by atoms with Crippen LogP contribution in [0.2, 0.25) is 5.02 Å². The Bertz CT molecular complexity index is 2950. The summed E-state index contributed by atoms with van der Waals surface area (Å²) in [6.07, 6.45) is 3.47. The summed E-state index contributed by atoms with van der Waals surface area (Å²) >= 11 is 6.69. The monoisotopic (exact) mass is 926 g/mol. The molecule has 8 rings (SSSR count). The van der Waals surface area contributed by atoms with E-state index < -0.39 is 29.7 Å². The molecule has 0 spiro atoms. The number of aromatic nitrogens is 1. The Morgan fingerprint density at radius 1 is 0.731 bits per heavy atom. The second-order valence-corrected chi connectivity index (χ2v) is 15.6. The van der Waals surface area contributed by atoms with Gasteiger partial charge >= 0.3 is 0 Å². The number of nitrogens with one attached hydrogen (secondary N) is 1. The van der Waals surface area contributed by atoms with E-state index in [0.29, 0.717) is 76.2 Å². The van der Waals surface area contributed by atoms with Crippen LogP contribution in [-0.2, 0) is 23.8 Å². The fourth-order valence-electron chi connectivity index (χ4n) is 7.74. The summed E-state index contributed by atoms with van der Waals surface area (Å²) in [5.41, 5.74) is 4.26. The average molecular weight is 927 g/mol. The predicted octanol–water partition coefficient (Wildman–Crippen LogP) is 7.02. The Hall–Kier alpha value is -7.42. The quantitative estimate of drug-likeness (QED) is 0.0604. The van der Waals surface area contributed by atoms with Crippen LogP contribution in [0.15, 0.2) is 107 Å². The molecule has 2 aromatic heterocycles. The maximum atomic E-state index is 13.6. The van der Waals surface area contributed by atoms with E-state index in [4.69, 9.17) is 44.4 Å². The topological polar surface area (TPSA) is 206 Å². The lowest BCUT2D eigenvalue weighted by molar-refractivity contribution is -0.136. The first-order valence-electron chi connectivity index (χ1n) is 21.5. The SMILES string of the molecule is CCOc1cc2oc(-c3ccc(OCCOCCOCCOCCOc4cccc5c4C(=O)N(C4CCC(=O)NC4=O)C5=O)cc3Cl)cc(=O)c2cc1-c1cc(C#N)cc(-c2ccncc2)c1. The van der Waals surface area contributed by atoms with Crippen LogP contribution in [0.4, 0.5) is 0 Å². The number of ether oxygens (including phenoxy) is 6. The molecular formula is C50H43ClN4O12. The number of piperidine rings is 1. The lowest BCUT2D eigenvalue weighted by atomic mass is 9.95. The van der Waals surface area contributed by atoms with Crippen molar-refractivity contribution < 1.29 is 52.0 Å². The second kappa shape index (κ2) is 21.3. The zero-order chi connectivity index (χ0) is 46.9. The Morgan fingerprint density at radius 3 is 2.15 bits per heavy atom. The summed E-state index contributed by atoms with van der Waals surface area (Å²) in [6.45, 7) is 4.26. The lowest BCUT2D eigenvalue weighted by Gasteiger charge is -2.27. The number of benzene rings is 4. The van der Waals surface area contributed by atoms with E-state index in [1.165, 1.54) is 12.1 Å². The van der Waals surface area contributed by atoms with Crippen LogP contribution in [0.1, 0.15) is 46.0 Å². The normalized spacial score (nSPS) is 14.5. The van der Waals surface area contributed by atoms with Gasteiger partial charge in [0.1, 0.15) is 47.8 Å². The molecule has 4 heterocycles. The number of rotatable bonds is 20. The Labute approximate surface area is 388 Å². The van der Waals surface area contributed by atoms with Crippen molar-refractivity contribution in [3.63, 3.8) is 0 Å². The molecule has 2 aliphatic rings. The van der Waals surface area contributed by atoms with Gasteiger partial charge in [0, 0.05) is 42.1 Å². The summed E-state index contributed by atoms with van der Waals surface area (Å²) in [4.78, 5) is 68.8. The molecule has 1 atom stereocenters. The third kappa shape index (κ3) is 10.5. The highest BCUT2D eigenvalue weighted by Gasteiger charge is 2.46. The molecule has 6 aromatic rings. The maximum absolute atomic E-state index is 13.6. The molecule has 1 fully saturated rings. The van der Waals surface area contributed by atoms with Crippen molar-refractivity contribution >= 4 is 46.2 Å². The van der Waals surface area contributed by atoms with E-state index in [1.54, 1.807) is 67.0 Å². The van der Waals surface area contributed by atoms with Gasteiger partial charge in [-0.1, -0.05) is 17.7 Å². The number of imide groups is 2. The summed E-state index contributed by atoms with van der Waals surface area (Å²) < 4.78 is 40.7. The van der Waals surface area contributed by atoms with E-state index in [-0.39, 0.29) is 73.9 Å². The standard InChI is InChI=1S/C50H43ClN4O12/c1-2-64-43-28-45-38(26-37(43)33-23-30(29-52)22-32(24-33)31-10-12-53-13-11-31)41(56)27-44(67-45)35-7-6-34(25-39(35)51)65-20-18-62-16-14-61-15-17-63-19-21-66-42-5-3-4-36-47(42)50(60)55(49(36)59)40-8-9-46(57)54-48(40)58/h3-7,10-13,22-28,40H,2,8-9,14-21H2,1H3,(H,54,57,58). The molecule has 2 aliphatic heterocycles. The molecular weight excluding hydrogens is 884 g/mol. The van der Waals surface area contributed by atoms with Crippen LogP contribution < -0.4 is 25.0 Å². The van der Waals surface area contributed by atoms with Gasteiger partial charge in [0.25, 0.3) is 11.8 Å². The molecule has 17 heteroatoms. The Balaban J connectivity index is 0.764. The third-order valence-corrected chi connectivity index (χ3v) is 11.2. The van der Waals surface area contributed by atoms with Gasteiger partial charge in [0.2, 0.25) is 11.8 Å². The van der Waals surface area contributed by atoms with Gasteiger partial charge in [0.05, 0.1) is 79.4 Å². The number of carbonyl (C=O) groups is 4. The van der Waals surface area contributed by atoms with E-state index in [9.17, 15) is 29.2 Å².